The number of nitrogens with one attached hydrogen (secondary N) is 1. The average molecular weight is 367 g/mol. The molecular weight excluding hydrogens is 350 g/mol. The number of hydrogen-bond acceptors (Lipinski definition) is 6. The lowest BCUT2D eigenvalue weighted by atomic mass is 10.2. The number of pyridine rings is 1. The Labute approximate surface area is 154 Å². The van der Waals surface area contributed by atoms with Gasteiger partial charge in [0, 0.05) is 30.5 Å². The number of carbonyl (C=O) groups excluding carboxylic acids is 1. The molecule has 1 aromatic heterocycles. The summed E-state index contributed by atoms with van der Waals surface area (Å²) in [5.74, 6) is -0.518. The summed E-state index contributed by atoms with van der Waals surface area (Å²) in [6, 6.07) is 9.86. The largest absolute Gasteiger partial charge is 0.372 e. The number of rotatable bonds is 5. The van der Waals surface area contributed by atoms with E-state index in [1.54, 1.807) is 18.2 Å². The first-order valence-corrected chi connectivity index (χ1v) is 8.42. The Bertz CT molecular complexity index is 969. The van der Waals surface area contributed by atoms with Gasteiger partial charge in [0.1, 0.15) is 18.2 Å². The molecule has 0 saturated carbocycles. The summed E-state index contributed by atoms with van der Waals surface area (Å²) in [6.07, 6.45) is 3.29. The summed E-state index contributed by atoms with van der Waals surface area (Å²) >= 11 is 0. The number of nitrogens with zero attached hydrogens (tertiary/aromatic N) is 4. The Morgan fingerprint density at radius 3 is 2.52 bits per heavy atom. The fourth-order valence-electron chi connectivity index (χ4n) is 3.00. The van der Waals surface area contributed by atoms with Crippen LogP contribution in [0, 0.1) is 21.4 Å². The highest BCUT2D eigenvalue weighted by Crippen LogP contribution is 2.22. The van der Waals surface area contributed by atoms with Crippen LogP contribution < -0.4 is 15.8 Å². The van der Waals surface area contributed by atoms with E-state index in [0.717, 1.165) is 35.6 Å². The van der Waals surface area contributed by atoms with Crippen LogP contribution >= 0.6 is 0 Å². The molecule has 9 heteroatoms. The summed E-state index contributed by atoms with van der Waals surface area (Å²) in [5.41, 5.74) is 0.0875. The molecule has 2 aromatic rings. The van der Waals surface area contributed by atoms with Gasteiger partial charge in [0.05, 0.1) is 11.1 Å². The molecule has 0 unspecified atom stereocenters. The number of aromatic nitrogens is 1. The standard InChI is InChI=1S/C18H17N5O4/c19-10-13-9-16(23(26)27)11-22(18(13)25)12-17(24)20-14-3-5-15(6-4-14)21-7-1-2-8-21/h3-6,9,11H,1-2,7-8,12H2,(H,20,24). The van der Waals surface area contributed by atoms with E-state index in [2.05, 4.69) is 10.2 Å². The summed E-state index contributed by atoms with van der Waals surface area (Å²) in [5, 5.41) is 22.5. The molecule has 1 aliphatic heterocycles. The van der Waals surface area contributed by atoms with Crippen LogP contribution in [0.4, 0.5) is 17.1 Å². The molecule has 0 aliphatic carbocycles. The van der Waals surface area contributed by atoms with Crippen molar-refractivity contribution < 1.29 is 9.72 Å². The number of hydrogen-bond donors (Lipinski definition) is 1. The molecule has 27 heavy (non-hydrogen) atoms. The highest BCUT2D eigenvalue weighted by atomic mass is 16.6. The topological polar surface area (TPSA) is 121 Å². The van der Waals surface area contributed by atoms with Gasteiger partial charge < -0.3 is 10.2 Å². The zero-order chi connectivity index (χ0) is 19.4. The second-order valence-electron chi connectivity index (χ2n) is 6.20. The van der Waals surface area contributed by atoms with Crippen LogP contribution in [0.3, 0.4) is 0 Å². The number of carbonyl (C=O) groups is 1. The van der Waals surface area contributed by atoms with Crippen molar-refractivity contribution in [2.45, 2.75) is 19.4 Å². The summed E-state index contributed by atoms with van der Waals surface area (Å²) < 4.78 is 0.866. The van der Waals surface area contributed by atoms with Gasteiger partial charge in [0.25, 0.3) is 11.2 Å². The normalized spacial score (nSPS) is 13.2. The molecule has 138 valence electrons. The molecule has 2 heterocycles. The molecule has 0 atom stereocenters. The quantitative estimate of drug-likeness (QED) is 0.636. The van der Waals surface area contributed by atoms with Gasteiger partial charge >= 0.3 is 0 Å². The van der Waals surface area contributed by atoms with Gasteiger partial charge in [-0.3, -0.25) is 24.3 Å². The predicted molar refractivity (Wildman–Crippen MR) is 98.6 cm³/mol. The van der Waals surface area contributed by atoms with E-state index in [0.29, 0.717) is 5.69 Å². The molecular formula is C18H17N5O4. The third-order valence-electron chi connectivity index (χ3n) is 4.34. The van der Waals surface area contributed by atoms with Crippen molar-refractivity contribution >= 4 is 23.0 Å². The van der Waals surface area contributed by atoms with Crippen molar-refractivity contribution in [2.24, 2.45) is 0 Å². The van der Waals surface area contributed by atoms with Gasteiger partial charge in [-0.2, -0.15) is 5.26 Å². The van der Waals surface area contributed by atoms with Crippen LogP contribution in [0.1, 0.15) is 18.4 Å². The fourth-order valence-corrected chi connectivity index (χ4v) is 3.00. The lowest BCUT2D eigenvalue weighted by Crippen LogP contribution is -2.29. The van der Waals surface area contributed by atoms with Crippen LogP contribution in [-0.4, -0.2) is 28.5 Å². The Kier molecular flexibility index (Phi) is 5.17. The third kappa shape index (κ3) is 4.12. The Morgan fingerprint density at radius 1 is 1.26 bits per heavy atom. The molecule has 1 amide bonds. The number of nitro groups is 1. The molecule has 1 aromatic carbocycles. The van der Waals surface area contributed by atoms with Crippen molar-refractivity contribution in [1.82, 2.24) is 4.57 Å². The maximum atomic E-state index is 12.2. The maximum absolute atomic E-state index is 12.2. The minimum absolute atomic E-state index is 0.382. The Balaban J connectivity index is 1.72. The van der Waals surface area contributed by atoms with Gasteiger partial charge in [-0.25, -0.2) is 0 Å². The Morgan fingerprint density at radius 2 is 1.93 bits per heavy atom. The molecule has 0 spiro atoms. The van der Waals surface area contributed by atoms with Crippen LogP contribution in [0.5, 0.6) is 0 Å². The van der Waals surface area contributed by atoms with Crippen molar-refractivity contribution in [2.75, 3.05) is 23.3 Å². The van der Waals surface area contributed by atoms with Crippen LogP contribution in [0.25, 0.3) is 0 Å². The highest BCUT2D eigenvalue weighted by Gasteiger charge is 2.16. The van der Waals surface area contributed by atoms with E-state index >= 15 is 0 Å². The van der Waals surface area contributed by atoms with Gasteiger partial charge in [-0.05, 0) is 37.1 Å². The number of nitriles is 1. The van der Waals surface area contributed by atoms with Crippen molar-refractivity contribution in [3.63, 3.8) is 0 Å². The first-order chi connectivity index (χ1) is 13.0. The van der Waals surface area contributed by atoms with Crippen LogP contribution in [0.15, 0.2) is 41.3 Å². The van der Waals surface area contributed by atoms with E-state index in [-0.39, 0.29) is 5.56 Å². The second kappa shape index (κ2) is 7.70. The first-order valence-electron chi connectivity index (χ1n) is 8.42. The highest BCUT2D eigenvalue weighted by molar-refractivity contribution is 5.90. The Hall–Kier alpha value is -3.67. The first kappa shape index (κ1) is 18.1. The zero-order valence-electron chi connectivity index (χ0n) is 14.4. The van der Waals surface area contributed by atoms with Crippen molar-refractivity contribution in [3.8, 4) is 6.07 Å². The van der Waals surface area contributed by atoms with Gasteiger partial charge in [-0.1, -0.05) is 0 Å². The van der Waals surface area contributed by atoms with Crippen molar-refractivity contribution in [3.05, 3.63) is 62.6 Å². The second-order valence-corrected chi connectivity index (χ2v) is 6.20. The molecule has 0 bridgehead atoms. The van der Waals surface area contributed by atoms with E-state index in [1.807, 2.05) is 12.1 Å². The molecule has 3 rings (SSSR count). The summed E-state index contributed by atoms with van der Waals surface area (Å²) in [4.78, 5) is 36.8. The molecule has 1 saturated heterocycles. The monoisotopic (exact) mass is 367 g/mol. The van der Waals surface area contributed by atoms with E-state index in [9.17, 15) is 19.7 Å². The third-order valence-corrected chi connectivity index (χ3v) is 4.34. The molecule has 1 N–H and O–H groups in total. The predicted octanol–water partition coefficient (Wildman–Crippen LogP) is 1.87. The molecule has 0 radical (unpaired) electrons. The van der Waals surface area contributed by atoms with Gasteiger partial charge in [-0.15, -0.1) is 0 Å². The minimum Gasteiger partial charge on any atom is -0.372 e. The van der Waals surface area contributed by atoms with E-state index in [1.165, 1.54) is 12.8 Å². The van der Waals surface area contributed by atoms with Gasteiger partial charge in [0.15, 0.2) is 0 Å². The number of amides is 1. The summed E-state index contributed by atoms with van der Waals surface area (Å²) in [6.45, 7) is 1.61. The van der Waals surface area contributed by atoms with Crippen LogP contribution in [0.2, 0.25) is 0 Å². The minimum atomic E-state index is -0.748. The smallest absolute Gasteiger partial charge is 0.287 e. The van der Waals surface area contributed by atoms with Crippen molar-refractivity contribution in [1.29, 1.82) is 5.26 Å². The lowest BCUT2D eigenvalue weighted by Gasteiger charge is -2.17. The molecule has 1 fully saturated rings. The number of benzene rings is 1. The van der Waals surface area contributed by atoms with Gasteiger partial charge in [0.2, 0.25) is 5.91 Å². The zero-order valence-corrected chi connectivity index (χ0v) is 14.4. The molecule has 9 nitrogen and oxygen atoms in total. The van der Waals surface area contributed by atoms with E-state index in [4.69, 9.17) is 5.26 Å². The summed E-state index contributed by atoms with van der Waals surface area (Å²) in [7, 11) is 0. The lowest BCUT2D eigenvalue weighted by molar-refractivity contribution is -0.385. The molecule has 1 aliphatic rings. The maximum Gasteiger partial charge on any atom is 0.287 e. The fraction of sp³-hybridized carbons (Fsp3) is 0.278. The van der Waals surface area contributed by atoms with Crippen LogP contribution in [-0.2, 0) is 11.3 Å². The average Bonchev–Trinajstić information content (AvgIpc) is 3.18. The van der Waals surface area contributed by atoms with E-state index < -0.39 is 28.6 Å². The number of anilines is 2. The SMILES string of the molecule is N#Cc1cc([N+](=O)[O-])cn(CC(=O)Nc2ccc(N3CCCC3)cc2)c1=O.